The monoisotopic (exact) mass is 984 g/mol. The molecule has 2 aliphatic heterocycles. The molecule has 0 spiro atoms. The van der Waals surface area contributed by atoms with Gasteiger partial charge in [0.25, 0.3) is 0 Å². The lowest BCUT2D eigenvalue weighted by Gasteiger charge is -2.17. The molecule has 1 amide bonds. The van der Waals surface area contributed by atoms with Crippen LogP contribution in [0.4, 0.5) is 37.8 Å². The van der Waals surface area contributed by atoms with E-state index in [4.69, 9.17) is 30.3 Å². The largest absolute Gasteiger partial charge is 0.542 e. The summed E-state index contributed by atoms with van der Waals surface area (Å²) in [4.78, 5) is 58.4. The lowest BCUT2D eigenvalue weighted by Crippen LogP contribution is -2.43. The number of hydrogen-bond acceptors (Lipinski definition) is 15. The number of para-hydroxylation sites is 2. The van der Waals surface area contributed by atoms with E-state index in [-0.39, 0.29) is 24.6 Å². The number of imidazole rings is 1. The van der Waals surface area contributed by atoms with Gasteiger partial charge in [-0.3, -0.25) is 9.36 Å². The van der Waals surface area contributed by atoms with Crippen molar-refractivity contribution >= 4 is 86.1 Å². The van der Waals surface area contributed by atoms with Crippen LogP contribution < -0.4 is 30.7 Å². The van der Waals surface area contributed by atoms with E-state index < -0.39 is 71.7 Å². The summed E-state index contributed by atoms with van der Waals surface area (Å²) in [5.74, 6) is -6.37. The average Bonchev–Trinajstić information content (AvgIpc) is 3.92. The Kier molecular flexibility index (Phi) is 17.0. The molecule has 18 nitrogen and oxygen atoms in total. The number of alkyl halides is 6. The van der Waals surface area contributed by atoms with E-state index in [0.717, 1.165) is 21.5 Å². The molecule has 1 saturated heterocycles. The maximum Gasteiger partial charge on any atom is 0.430 e. The number of amides is 1. The van der Waals surface area contributed by atoms with Crippen molar-refractivity contribution in [1.82, 2.24) is 24.8 Å². The van der Waals surface area contributed by atoms with Gasteiger partial charge in [0, 0.05) is 43.3 Å². The van der Waals surface area contributed by atoms with Crippen molar-refractivity contribution in [2.75, 3.05) is 35.4 Å². The van der Waals surface area contributed by atoms with Crippen LogP contribution in [0.1, 0.15) is 31.1 Å². The van der Waals surface area contributed by atoms with Crippen molar-refractivity contribution in [1.29, 1.82) is 0 Å². The second-order valence-electron chi connectivity index (χ2n) is 14.8. The highest BCUT2D eigenvalue weighted by Crippen LogP contribution is 2.45. The Morgan fingerprint density at radius 1 is 0.985 bits per heavy atom. The van der Waals surface area contributed by atoms with Crippen LogP contribution >= 0.6 is 11.8 Å². The van der Waals surface area contributed by atoms with Gasteiger partial charge in [0.15, 0.2) is 23.9 Å². The molecule has 2 aromatic carbocycles. The number of nitrogens with one attached hydrogen (secondary N) is 1. The van der Waals surface area contributed by atoms with Crippen molar-refractivity contribution in [2.45, 2.75) is 73.6 Å². The first kappa shape index (κ1) is 51.8. The van der Waals surface area contributed by atoms with Crippen LogP contribution in [0, 0.1) is 0 Å². The predicted octanol–water partition coefficient (Wildman–Crippen LogP) is 1.29. The molecule has 1 fully saturated rings. The van der Waals surface area contributed by atoms with Gasteiger partial charge in [0.05, 0.1) is 28.7 Å². The number of aryl methyl sites for hydroxylation is 1. The number of nitrogens with zero attached hydrogens (tertiary/aromatic N) is 6. The number of carbonyl (C=O) groups excluding carboxylic acids is 3. The zero-order chi connectivity index (χ0) is 49.4. The van der Waals surface area contributed by atoms with E-state index in [9.17, 15) is 51.3 Å². The lowest BCUT2D eigenvalue weighted by molar-refractivity contribution is -0.671. The number of hydrogen-bond donors (Lipinski definition) is 5. The van der Waals surface area contributed by atoms with Gasteiger partial charge in [-0.2, -0.15) is 30.9 Å². The lowest BCUT2D eigenvalue weighted by atomic mass is 10.1. The van der Waals surface area contributed by atoms with Crippen LogP contribution in [-0.4, -0.2) is 120 Å². The van der Waals surface area contributed by atoms with Crippen LogP contribution in [-0.2, 0) is 41.4 Å². The van der Waals surface area contributed by atoms with Crippen molar-refractivity contribution < 1.29 is 80.4 Å². The fourth-order valence-corrected chi connectivity index (χ4v) is 9.52. The highest BCUT2D eigenvalue weighted by atomic mass is 32.2. The SMILES string of the molecule is CN1/C(=C\c2cc[n+](CCCC(=O)N[C@@H](CC[S+](C)C[C@H]3O[C@@H](n4cnc5c(N)ncnc54)[C@H](O)[C@@H]3O)C(=O)O)c3ccccc23)Sc2ccccc21.O=C([O-])C(F)(F)F.O=C([O-])C(F)(F)F. The van der Waals surface area contributed by atoms with E-state index in [0.29, 0.717) is 35.6 Å². The summed E-state index contributed by atoms with van der Waals surface area (Å²) in [6.07, 6.45) is -4.58. The second-order valence-corrected chi connectivity index (χ2v) is 18.2. The number of aliphatic hydroxyl groups is 2. The molecule has 1 unspecified atom stereocenters. The third kappa shape index (κ3) is 13.2. The normalized spacial score (nSPS) is 19.5. The molecule has 3 aromatic heterocycles. The maximum absolute atomic E-state index is 12.9. The molecular formula is C41H42F6N8O10S2. The van der Waals surface area contributed by atoms with E-state index in [1.54, 1.807) is 11.8 Å². The Morgan fingerprint density at radius 3 is 2.27 bits per heavy atom. The van der Waals surface area contributed by atoms with Crippen LogP contribution in [0.25, 0.3) is 28.1 Å². The summed E-state index contributed by atoms with van der Waals surface area (Å²) in [6, 6.07) is 17.6. The highest BCUT2D eigenvalue weighted by molar-refractivity contribution is 8.03. The van der Waals surface area contributed by atoms with Gasteiger partial charge >= 0.3 is 18.3 Å². The summed E-state index contributed by atoms with van der Waals surface area (Å²) in [7, 11) is 1.68. The second kappa shape index (κ2) is 22.1. The van der Waals surface area contributed by atoms with Gasteiger partial charge in [0.2, 0.25) is 11.4 Å². The number of pyridine rings is 1. The number of thioether (sulfide) groups is 1. The number of aliphatic hydroxyl groups excluding tert-OH is 2. The van der Waals surface area contributed by atoms with E-state index in [1.165, 1.54) is 27.8 Å². The average molecular weight is 985 g/mol. The molecular weight excluding hydrogens is 943 g/mol. The molecule has 26 heteroatoms. The summed E-state index contributed by atoms with van der Waals surface area (Å²) in [5.41, 5.74) is 9.98. The molecule has 0 aliphatic carbocycles. The van der Waals surface area contributed by atoms with Gasteiger partial charge in [-0.1, -0.05) is 36.0 Å². The molecule has 0 saturated carbocycles. The number of aromatic nitrogens is 5. The summed E-state index contributed by atoms with van der Waals surface area (Å²) < 4.78 is 72.8. The number of anilines is 2. The summed E-state index contributed by atoms with van der Waals surface area (Å²) in [5, 5.41) is 54.0. The van der Waals surface area contributed by atoms with Crippen LogP contribution in [0.5, 0.6) is 0 Å². The highest BCUT2D eigenvalue weighted by Gasteiger charge is 2.47. The molecule has 360 valence electrons. The number of carboxylic acid groups (broad SMARTS) is 3. The van der Waals surface area contributed by atoms with E-state index >= 15 is 0 Å². The molecule has 5 heterocycles. The number of ether oxygens (including phenoxy) is 1. The number of benzene rings is 2. The van der Waals surface area contributed by atoms with Gasteiger partial charge in [-0.05, 0) is 40.7 Å². The first-order valence-electron chi connectivity index (χ1n) is 19.7. The van der Waals surface area contributed by atoms with Gasteiger partial charge in [-0.25, -0.2) is 19.7 Å². The van der Waals surface area contributed by atoms with E-state index in [2.05, 4.69) is 79.3 Å². The number of carboxylic acids is 3. The predicted molar refractivity (Wildman–Crippen MR) is 227 cm³/mol. The van der Waals surface area contributed by atoms with Crippen molar-refractivity contribution in [2.24, 2.45) is 0 Å². The first-order valence-corrected chi connectivity index (χ1v) is 22.5. The molecule has 0 radical (unpaired) electrons. The Balaban J connectivity index is 0.000000522. The Hall–Kier alpha value is -6.22. The minimum atomic E-state index is -5.19. The number of rotatable bonds is 13. The zero-order valence-electron chi connectivity index (χ0n) is 35.2. The fourth-order valence-electron chi connectivity index (χ4n) is 6.78. The summed E-state index contributed by atoms with van der Waals surface area (Å²) in [6.45, 7) is 0.590. The standard InChI is InChI=1S/C37H40N8O6S2.2C2HF3O2/c1-43-26-10-5-6-11-28(26)52-30(43)18-22-13-16-44(25-9-4-3-8-23(22)25)15-7-12-29(46)42-24(37(49)50)14-17-53(2)19-27-32(47)33(48)36(51-27)45-21-41-31-34(38)39-20-40-35(31)45;2*3-2(4,5)1(6)7/h3-6,8-11,13,16,18,20-21,24,27,32-33,36,47-48H,7,12,14-15,17,19H2,1-2H3,(H2-2,38,39,40,42,46,49,50);2*(H,6,7)/t24-,27+,32+,33+,36+,53?;;/m0../s1. The minimum Gasteiger partial charge on any atom is -0.542 e. The Labute approximate surface area is 383 Å². The third-order valence-corrected chi connectivity index (χ3v) is 13.1. The molecule has 2 aliphatic rings. The van der Waals surface area contributed by atoms with Crippen LogP contribution in [0.3, 0.4) is 0 Å². The van der Waals surface area contributed by atoms with Gasteiger partial charge in [0.1, 0.15) is 66.2 Å². The number of halogens is 6. The zero-order valence-corrected chi connectivity index (χ0v) is 36.8. The number of fused-ring (bicyclic) bond motifs is 3. The molecule has 6 atom stereocenters. The molecule has 7 rings (SSSR count). The fraction of sp³-hybridized carbons (Fsp3) is 0.366. The van der Waals surface area contributed by atoms with Crippen LogP contribution in [0.2, 0.25) is 0 Å². The van der Waals surface area contributed by atoms with Crippen molar-refractivity contribution in [3.8, 4) is 0 Å². The summed E-state index contributed by atoms with van der Waals surface area (Å²) >= 11 is 1.75. The Bertz CT molecular complexity index is 2600. The smallest absolute Gasteiger partial charge is 0.430 e. The van der Waals surface area contributed by atoms with Gasteiger partial charge < -0.3 is 55.8 Å². The maximum atomic E-state index is 12.9. The molecule has 5 aromatic rings. The Morgan fingerprint density at radius 2 is 1.63 bits per heavy atom. The van der Waals surface area contributed by atoms with Gasteiger partial charge in [-0.15, -0.1) is 0 Å². The molecule has 67 heavy (non-hydrogen) atoms. The number of carbonyl (C=O) groups is 4. The quantitative estimate of drug-likeness (QED) is 0.0632. The number of aliphatic carboxylic acids is 3. The topological polar surface area (TPSA) is 273 Å². The van der Waals surface area contributed by atoms with Crippen molar-refractivity contribution in [3.05, 3.63) is 84.0 Å². The first-order chi connectivity index (χ1) is 31.5. The third-order valence-electron chi connectivity index (χ3n) is 10.1. The number of nitrogens with two attached hydrogens (primary N) is 1. The van der Waals surface area contributed by atoms with Crippen LogP contribution in [0.15, 0.2) is 83.4 Å². The molecule has 0 bridgehead atoms. The minimum absolute atomic E-state index is 0.176. The molecule has 6 N–H and O–H groups in total. The number of nitrogen functional groups attached to an aromatic ring is 1. The van der Waals surface area contributed by atoms with E-state index in [1.807, 2.05) is 30.7 Å². The van der Waals surface area contributed by atoms with Crippen molar-refractivity contribution in [3.63, 3.8) is 0 Å².